The second kappa shape index (κ2) is 6.61. The predicted molar refractivity (Wildman–Crippen MR) is 75.3 cm³/mol. The van der Waals surface area contributed by atoms with Crippen molar-refractivity contribution in [2.45, 2.75) is 5.92 Å². The molecule has 4 nitrogen and oxygen atoms in total. The van der Waals surface area contributed by atoms with Gasteiger partial charge >= 0.3 is 5.97 Å². The molecule has 0 radical (unpaired) electrons. The Labute approximate surface area is 117 Å². The summed E-state index contributed by atoms with van der Waals surface area (Å²) in [5.74, 6) is -0.512. The van der Waals surface area contributed by atoms with Crippen LogP contribution in [-0.2, 0) is 4.79 Å². The quantitative estimate of drug-likeness (QED) is 0.878. The molecule has 0 aliphatic rings. The van der Waals surface area contributed by atoms with Crippen molar-refractivity contribution in [2.24, 2.45) is 0 Å². The number of carbonyl (C=O) groups is 1. The first-order valence-corrected chi connectivity index (χ1v) is 6.26. The maximum atomic E-state index is 11.5. The van der Waals surface area contributed by atoms with Gasteiger partial charge in [0.05, 0.1) is 7.11 Å². The number of aliphatic carboxylic acids is 1. The molecule has 1 unspecified atom stereocenters. The van der Waals surface area contributed by atoms with E-state index < -0.39 is 11.9 Å². The van der Waals surface area contributed by atoms with E-state index in [4.69, 9.17) is 9.47 Å². The molecule has 0 aliphatic carbocycles. The van der Waals surface area contributed by atoms with E-state index in [1.165, 1.54) is 7.11 Å². The minimum absolute atomic E-state index is 0.0553. The molecule has 2 aromatic carbocycles. The first-order chi connectivity index (χ1) is 9.72. The summed E-state index contributed by atoms with van der Waals surface area (Å²) in [7, 11) is 1.52. The number of carboxylic acids is 1. The number of methoxy groups -OCH3 is 1. The van der Waals surface area contributed by atoms with E-state index in [0.717, 1.165) is 0 Å². The molecule has 0 aromatic heterocycles. The van der Waals surface area contributed by atoms with E-state index in [2.05, 4.69) is 0 Å². The largest absolute Gasteiger partial charge is 0.496 e. The third-order valence-corrected chi connectivity index (χ3v) is 2.97. The molecule has 0 saturated carbocycles. The maximum absolute atomic E-state index is 11.5. The number of rotatable bonds is 6. The van der Waals surface area contributed by atoms with E-state index in [-0.39, 0.29) is 6.61 Å². The van der Waals surface area contributed by atoms with E-state index in [0.29, 0.717) is 17.1 Å². The van der Waals surface area contributed by atoms with Gasteiger partial charge in [-0.3, -0.25) is 4.79 Å². The fourth-order valence-electron chi connectivity index (χ4n) is 1.94. The summed E-state index contributed by atoms with van der Waals surface area (Å²) >= 11 is 0. The number of ether oxygens (including phenoxy) is 2. The van der Waals surface area contributed by atoms with Gasteiger partial charge in [-0.15, -0.1) is 0 Å². The summed E-state index contributed by atoms with van der Waals surface area (Å²) in [5, 5.41) is 9.39. The normalized spacial score (nSPS) is 11.7. The van der Waals surface area contributed by atoms with Crippen LogP contribution in [0.3, 0.4) is 0 Å². The van der Waals surface area contributed by atoms with Crippen LogP contribution in [0.25, 0.3) is 0 Å². The molecular weight excluding hydrogens is 256 g/mol. The highest BCUT2D eigenvalue weighted by Gasteiger charge is 2.24. The zero-order valence-electron chi connectivity index (χ0n) is 11.2. The van der Waals surface area contributed by atoms with Crippen LogP contribution >= 0.6 is 0 Å². The standard InChI is InChI=1S/C16H16O4/c1-19-15-10-6-5-9-13(15)14(16(17)18)11-20-12-7-3-2-4-8-12/h2-10,14H,11H2,1H3,(H,17,18). The fourth-order valence-corrected chi connectivity index (χ4v) is 1.94. The monoisotopic (exact) mass is 272 g/mol. The lowest BCUT2D eigenvalue weighted by atomic mass is 9.99. The summed E-state index contributed by atoms with van der Waals surface area (Å²) in [6.45, 7) is 0.0553. The molecule has 0 bridgehead atoms. The van der Waals surface area contributed by atoms with Gasteiger partial charge in [0.2, 0.25) is 0 Å². The lowest BCUT2D eigenvalue weighted by molar-refractivity contribution is -0.139. The molecule has 0 saturated heterocycles. The maximum Gasteiger partial charge on any atom is 0.314 e. The first kappa shape index (κ1) is 13.9. The third kappa shape index (κ3) is 3.29. The topological polar surface area (TPSA) is 55.8 Å². The molecule has 1 N–H and O–H groups in total. The van der Waals surface area contributed by atoms with E-state index >= 15 is 0 Å². The Morgan fingerprint density at radius 2 is 1.75 bits per heavy atom. The zero-order chi connectivity index (χ0) is 14.4. The second-order valence-electron chi connectivity index (χ2n) is 4.26. The molecule has 0 spiro atoms. The van der Waals surface area contributed by atoms with Crippen molar-refractivity contribution >= 4 is 5.97 Å². The van der Waals surface area contributed by atoms with Crippen LogP contribution in [-0.4, -0.2) is 24.8 Å². The zero-order valence-corrected chi connectivity index (χ0v) is 11.2. The average Bonchev–Trinajstić information content (AvgIpc) is 2.48. The lowest BCUT2D eigenvalue weighted by Crippen LogP contribution is -2.20. The highest BCUT2D eigenvalue weighted by molar-refractivity contribution is 5.77. The minimum atomic E-state index is -0.939. The summed E-state index contributed by atoms with van der Waals surface area (Å²) in [4.78, 5) is 11.5. The number of carboxylic acid groups (broad SMARTS) is 1. The first-order valence-electron chi connectivity index (χ1n) is 6.26. The van der Waals surface area contributed by atoms with Crippen LogP contribution in [0.2, 0.25) is 0 Å². The van der Waals surface area contributed by atoms with Gasteiger partial charge in [-0.05, 0) is 18.2 Å². The van der Waals surface area contributed by atoms with Gasteiger partial charge in [0.15, 0.2) is 0 Å². The second-order valence-corrected chi connectivity index (χ2v) is 4.26. The van der Waals surface area contributed by atoms with Crippen molar-refractivity contribution in [2.75, 3.05) is 13.7 Å². The van der Waals surface area contributed by atoms with Gasteiger partial charge in [0.25, 0.3) is 0 Å². The minimum Gasteiger partial charge on any atom is -0.496 e. The summed E-state index contributed by atoms with van der Waals surface area (Å²) in [5.41, 5.74) is 0.610. The number of para-hydroxylation sites is 2. The number of hydrogen-bond acceptors (Lipinski definition) is 3. The molecule has 104 valence electrons. The summed E-state index contributed by atoms with van der Waals surface area (Å²) in [6, 6.07) is 16.2. The lowest BCUT2D eigenvalue weighted by Gasteiger charge is -2.16. The Morgan fingerprint density at radius 3 is 2.40 bits per heavy atom. The molecule has 0 fully saturated rings. The van der Waals surface area contributed by atoms with Gasteiger partial charge < -0.3 is 14.6 Å². The van der Waals surface area contributed by atoms with Crippen LogP contribution in [0, 0.1) is 0 Å². The van der Waals surface area contributed by atoms with E-state index in [1.807, 2.05) is 18.2 Å². The van der Waals surface area contributed by atoms with Gasteiger partial charge in [0, 0.05) is 5.56 Å². The van der Waals surface area contributed by atoms with E-state index in [1.54, 1.807) is 36.4 Å². The number of benzene rings is 2. The molecule has 0 aliphatic heterocycles. The van der Waals surface area contributed by atoms with Crippen LogP contribution in [0.15, 0.2) is 54.6 Å². The highest BCUT2D eigenvalue weighted by Crippen LogP contribution is 2.27. The van der Waals surface area contributed by atoms with Crippen molar-refractivity contribution in [1.82, 2.24) is 0 Å². The van der Waals surface area contributed by atoms with Crippen molar-refractivity contribution in [3.05, 3.63) is 60.2 Å². The van der Waals surface area contributed by atoms with Crippen LogP contribution in [0.5, 0.6) is 11.5 Å². The Balaban J connectivity index is 2.17. The summed E-state index contributed by atoms with van der Waals surface area (Å²) in [6.07, 6.45) is 0. The molecule has 0 amide bonds. The van der Waals surface area contributed by atoms with Crippen molar-refractivity contribution in [3.8, 4) is 11.5 Å². The van der Waals surface area contributed by atoms with E-state index in [9.17, 15) is 9.90 Å². The van der Waals surface area contributed by atoms with Crippen LogP contribution in [0.1, 0.15) is 11.5 Å². The molecular formula is C16H16O4. The molecule has 2 rings (SSSR count). The highest BCUT2D eigenvalue weighted by atomic mass is 16.5. The SMILES string of the molecule is COc1ccccc1C(COc1ccccc1)C(=O)O. The smallest absolute Gasteiger partial charge is 0.314 e. The Kier molecular flexibility index (Phi) is 4.60. The van der Waals surface area contributed by atoms with Crippen molar-refractivity contribution in [3.63, 3.8) is 0 Å². The van der Waals surface area contributed by atoms with Crippen molar-refractivity contribution < 1.29 is 19.4 Å². The fraction of sp³-hybridized carbons (Fsp3) is 0.188. The molecule has 20 heavy (non-hydrogen) atoms. The van der Waals surface area contributed by atoms with Crippen molar-refractivity contribution in [1.29, 1.82) is 0 Å². The van der Waals surface area contributed by atoms with Gasteiger partial charge in [-0.2, -0.15) is 0 Å². The Bertz CT molecular complexity index is 566. The number of hydrogen-bond donors (Lipinski definition) is 1. The molecule has 4 heteroatoms. The molecule has 2 aromatic rings. The average molecular weight is 272 g/mol. The predicted octanol–water partition coefficient (Wildman–Crippen LogP) is 2.94. The summed E-state index contributed by atoms with van der Waals surface area (Å²) < 4.78 is 10.8. The van der Waals surface area contributed by atoms with Gasteiger partial charge in [-0.1, -0.05) is 36.4 Å². The third-order valence-electron chi connectivity index (χ3n) is 2.97. The van der Waals surface area contributed by atoms with Gasteiger partial charge in [0.1, 0.15) is 24.0 Å². The Hall–Kier alpha value is -2.49. The van der Waals surface area contributed by atoms with Gasteiger partial charge in [-0.25, -0.2) is 0 Å². The molecule has 1 atom stereocenters. The molecule has 0 heterocycles. The Morgan fingerprint density at radius 1 is 1.10 bits per heavy atom. The van der Waals surface area contributed by atoms with Crippen LogP contribution in [0.4, 0.5) is 0 Å². The van der Waals surface area contributed by atoms with Crippen LogP contribution < -0.4 is 9.47 Å².